The lowest BCUT2D eigenvalue weighted by molar-refractivity contribution is -0.121. The lowest BCUT2D eigenvalue weighted by atomic mass is 9.97. The number of nitrogens with two attached hydrogens (primary N) is 3. The Morgan fingerprint density at radius 1 is 1.08 bits per heavy atom. The van der Waals surface area contributed by atoms with Gasteiger partial charge in [0.25, 0.3) is 0 Å². The summed E-state index contributed by atoms with van der Waals surface area (Å²) < 4.78 is 0. The number of hydrogen-bond acceptors (Lipinski definition) is 8. The van der Waals surface area contributed by atoms with E-state index < -0.39 is 0 Å². The molecule has 0 aromatic carbocycles. The number of fused-ring (bicyclic) bond motifs is 2. The van der Waals surface area contributed by atoms with Crippen molar-refractivity contribution in [3.63, 3.8) is 0 Å². The number of thiazole rings is 2. The lowest BCUT2D eigenvalue weighted by Crippen LogP contribution is -2.38. The summed E-state index contributed by atoms with van der Waals surface area (Å²) in [6, 6.07) is 0.590. The predicted octanol–water partition coefficient (Wildman–Crippen LogP) is 1.65. The Balaban J connectivity index is 0.000000158. The first kappa shape index (κ1) is 19.1. The second-order valence-corrected chi connectivity index (χ2v) is 8.94. The van der Waals surface area contributed by atoms with Gasteiger partial charge in [-0.25, -0.2) is 9.97 Å². The van der Waals surface area contributed by atoms with Crippen molar-refractivity contribution in [2.45, 2.75) is 64.0 Å². The second-order valence-electron chi connectivity index (χ2n) is 6.71. The quantitative estimate of drug-likeness (QED) is 0.612. The number of rotatable bonds is 2. The van der Waals surface area contributed by atoms with Crippen molar-refractivity contribution < 1.29 is 4.79 Å². The highest BCUT2D eigenvalue weighted by Crippen LogP contribution is 2.28. The molecule has 7 N–H and O–H groups in total. The van der Waals surface area contributed by atoms with E-state index in [1.807, 2.05) is 6.92 Å². The van der Waals surface area contributed by atoms with Gasteiger partial charge in [-0.2, -0.15) is 0 Å². The van der Waals surface area contributed by atoms with Crippen LogP contribution in [0.4, 0.5) is 10.3 Å². The minimum atomic E-state index is 0.126. The standard InChI is InChI=1S/C10H15N3OS.C7H11N3S/c1-2-9(14)12-6-3-4-7-8(5-6)15-10(11)13-7;8-4-1-2-5-6(3-4)11-7(9)10-5/h6H,2-5H2,1H3,(H2,11,13)(H,12,14);4H,1-3,8H2,(H2,9,10)/t6-;4-/m00/s1. The van der Waals surface area contributed by atoms with Gasteiger partial charge in [0.1, 0.15) is 0 Å². The van der Waals surface area contributed by atoms with Crippen LogP contribution >= 0.6 is 22.7 Å². The molecular weight excluding hydrogens is 368 g/mol. The van der Waals surface area contributed by atoms with Gasteiger partial charge in [0.2, 0.25) is 5.91 Å². The van der Waals surface area contributed by atoms with Crippen LogP contribution in [0.15, 0.2) is 0 Å². The van der Waals surface area contributed by atoms with Gasteiger partial charge in [-0.3, -0.25) is 4.79 Å². The van der Waals surface area contributed by atoms with Crippen molar-refractivity contribution in [3.8, 4) is 0 Å². The second kappa shape index (κ2) is 8.32. The van der Waals surface area contributed by atoms with Crippen LogP contribution < -0.4 is 22.5 Å². The molecule has 9 heteroatoms. The first-order chi connectivity index (χ1) is 12.4. The zero-order valence-electron chi connectivity index (χ0n) is 15.0. The fraction of sp³-hybridized carbons (Fsp3) is 0.588. The molecule has 142 valence electrons. The largest absolute Gasteiger partial charge is 0.375 e. The molecule has 2 aliphatic rings. The fourth-order valence-corrected chi connectivity index (χ4v) is 5.20. The fourth-order valence-electron chi connectivity index (χ4n) is 3.27. The molecule has 0 saturated carbocycles. The molecule has 0 unspecified atom stereocenters. The van der Waals surface area contributed by atoms with E-state index in [1.165, 1.54) is 15.4 Å². The Kier molecular flexibility index (Phi) is 6.10. The van der Waals surface area contributed by atoms with Crippen LogP contribution in [-0.2, 0) is 30.5 Å². The molecule has 2 aromatic heterocycles. The molecule has 0 fully saturated rings. The van der Waals surface area contributed by atoms with Crippen molar-refractivity contribution in [2.24, 2.45) is 5.73 Å². The third-order valence-electron chi connectivity index (χ3n) is 4.64. The summed E-state index contributed by atoms with van der Waals surface area (Å²) in [7, 11) is 0. The van der Waals surface area contributed by atoms with Gasteiger partial charge < -0.3 is 22.5 Å². The highest BCUT2D eigenvalue weighted by atomic mass is 32.1. The summed E-state index contributed by atoms with van der Waals surface area (Å²) in [6.45, 7) is 1.87. The van der Waals surface area contributed by atoms with E-state index in [0.29, 0.717) is 22.7 Å². The van der Waals surface area contributed by atoms with Gasteiger partial charge in [0, 0.05) is 34.7 Å². The van der Waals surface area contributed by atoms with Crippen LogP contribution in [0.3, 0.4) is 0 Å². The highest BCUT2D eigenvalue weighted by Gasteiger charge is 2.22. The molecule has 26 heavy (non-hydrogen) atoms. The van der Waals surface area contributed by atoms with Crippen molar-refractivity contribution in [1.29, 1.82) is 0 Å². The number of amides is 1. The van der Waals surface area contributed by atoms with Gasteiger partial charge >= 0.3 is 0 Å². The highest BCUT2D eigenvalue weighted by molar-refractivity contribution is 7.15. The van der Waals surface area contributed by atoms with Gasteiger partial charge in [0.15, 0.2) is 10.3 Å². The molecule has 0 aliphatic heterocycles. The topological polar surface area (TPSA) is 133 Å². The molecule has 2 aromatic rings. The molecule has 0 spiro atoms. The first-order valence-electron chi connectivity index (χ1n) is 8.97. The molecule has 0 saturated heterocycles. The van der Waals surface area contributed by atoms with Crippen molar-refractivity contribution >= 4 is 38.8 Å². The molecule has 2 aliphatic carbocycles. The number of anilines is 2. The first-order valence-corrected chi connectivity index (χ1v) is 10.6. The van der Waals surface area contributed by atoms with E-state index in [2.05, 4.69) is 15.3 Å². The molecule has 0 bridgehead atoms. The summed E-state index contributed by atoms with van der Waals surface area (Å²) in [5.74, 6) is 0.126. The maximum Gasteiger partial charge on any atom is 0.219 e. The molecule has 7 nitrogen and oxygen atoms in total. The van der Waals surface area contributed by atoms with Crippen molar-refractivity contribution in [2.75, 3.05) is 11.5 Å². The number of carbonyl (C=O) groups excluding carboxylic acids is 1. The van der Waals surface area contributed by atoms with Gasteiger partial charge in [-0.15, -0.1) is 22.7 Å². The van der Waals surface area contributed by atoms with Crippen LogP contribution in [0, 0.1) is 0 Å². The maximum atomic E-state index is 11.2. The van der Waals surface area contributed by atoms with Crippen molar-refractivity contribution in [3.05, 3.63) is 21.1 Å². The molecule has 0 radical (unpaired) electrons. The zero-order chi connectivity index (χ0) is 18.7. The van der Waals surface area contributed by atoms with Crippen LogP contribution in [0.5, 0.6) is 0 Å². The van der Waals surface area contributed by atoms with Crippen LogP contribution in [0.1, 0.15) is 47.3 Å². The van der Waals surface area contributed by atoms with E-state index in [1.54, 1.807) is 22.7 Å². The van der Waals surface area contributed by atoms with E-state index >= 15 is 0 Å². The predicted molar refractivity (Wildman–Crippen MR) is 107 cm³/mol. The average Bonchev–Trinajstić information content (AvgIpc) is 3.15. The summed E-state index contributed by atoms with van der Waals surface area (Å²) >= 11 is 3.12. The Morgan fingerprint density at radius 3 is 2.27 bits per heavy atom. The monoisotopic (exact) mass is 394 g/mol. The summed E-state index contributed by atoms with van der Waals surface area (Å²) in [5, 5.41) is 4.34. The average molecular weight is 395 g/mol. The number of nitrogens with zero attached hydrogens (tertiary/aromatic N) is 2. The molecule has 4 rings (SSSR count). The van der Waals surface area contributed by atoms with E-state index in [4.69, 9.17) is 17.2 Å². The number of aromatic nitrogens is 2. The third-order valence-corrected chi connectivity index (χ3v) is 6.53. The third kappa shape index (κ3) is 4.72. The van der Waals surface area contributed by atoms with Gasteiger partial charge in [-0.1, -0.05) is 6.92 Å². The maximum absolute atomic E-state index is 11.2. The van der Waals surface area contributed by atoms with Crippen molar-refractivity contribution in [1.82, 2.24) is 15.3 Å². The van der Waals surface area contributed by atoms with Crippen LogP contribution in [0.25, 0.3) is 0 Å². The summed E-state index contributed by atoms with van der Waals surface area (Å²) in [4.78, 5) is 22.3. The zero-order valence-corrected chi connectivity index (χ0v) is 16.6. The number of nitrogen functional groups attached to an aromatic ring is 2. The van der Waals surface area contributed by atoms with E-state index in [9.17, 15) is 4.79 Å². The SMILES string of the molecule is CCC(=O)N[C@H]1CCc2nc(N)sc2C1.Nc1nc2c(s1)C[C@@H](N)CC2. The lowest BCUT2D eigenvalue weighted by Gasteiger charge is -2.21. The molecule has 2 atom stereocenters. The van der Waals surface area contributed by atoms with Gasteiger partial charge in [-0.05, 0) is 32.1 Å². The Hall–Kier alpha value is -1.71. The molecule has 1 amide bonds. The van der Waals surface area contributed by atoms with E-state index in [-0.39, 0.29) is 11.9 Å². The van der Waals surface area contributed by atoms with Gasteiger partial charge in [0.05, 0.1) is 11.4 Å². The molecular formula is C17H26N6OS2. The van der Waals surface area contributed by atoms with E-state index in [0.717, 1.165) is 44.2 Å². The number of aryl methyl sites for hydroxylation is 2. The van der Waals surface area contributed by atoms with Crippen LogP contribution in [-0.4, -0.2) is 28.0 Å². The smallest absolute Gasteiger partial charge is 0.219 e. The Bertz CT molecular complexity index is 771. The summed E-state index contributed by atoms with van der Waals surface area (Å²) in [5.41, 5.74) is 19.3. The number of carbonyl (C=O) groups is 1. The Morgan fingerprint density at radius 2 is 1.65 bits per heavy atom. The number of hydrogen-bond donors (Lipinski definition) is 4. The molecule has 2 heterocycles. The minimum Gasteiger partial charge on any atom is -0.375 e. The Labute approximate surface area is 161 Å². The minimum absolute atomic E-state index is 0.126. The summed E-state index contributed by atoms with van der Waals surface area (Å²) in [6.07, 6.45) is 6.36. The number of nitrogens with one attached hydrogen (secondary N) is 1. The normalized spacial score (nSPS) is 21.2. The van der Waals surface area contributed by atoms with Crippen LogP contribution in [0.2, 0.25) is 0 Å².